The van der Waals surface area contributed by atoms with Gasteiger partial charge in [0.2, 0.25) is 12.1 Å². The first-order valence-corrected chi connectivity index (χ1v) is 10.5. The molecule has 4 aromatic rings. The Bertz CT molecular complexity index is 1340. The molecule has 2 aliphatic heterocycles. The molecule has 3 heterocycles. The van der Waals surface area contributed by atoms with Crippen LogP contribution < -0.4 is 4.74 Å². The molecule has 0 spiro atoms. The maximum Gasteiger partial charge on any atom is 0.229 e. The lowest BCUT2D eigenvalue weighted by Crippen LogP contribution is -2.35. The highest BCUT2D eigenvalue weighted by Gasteiger charge is 2.42. The van der Waals surface area contributed by atoms with E-state index in [-0.39, 0.29) is 11.9 Å². The van der Waals surface area contributed by atoms with Crippen LogP contribution in [0.5, 0.6) is 5.75 Å². The van der Waals surface area contributed by atoms with Crippen LogP contribution in [0.3, 0.4) is 0 Å². The van der Waals surface area contributed by atoms with Gasteiger partial charge >= 0.3 is 0 Å². The van der Waals surface area contributed by atoms with E-state index >= 15 is 0 Å². The molecule has 6 rings (SSSR count). The number of hydrogen-bond acceptors (Lipinski definition) is 4. The summed E-state index contributed by atoms with van der Waals surface area (Å²) >= 11 is 0. The second-order valence-electron chi connectivity index (χ2n) is 8.00. The second-order valence-corrected chi connectivity index (χ2v) is 8.00. The van der Waals surface area contributed by atoms with E-state index in [0.29, 0.717) is 0 Å². The minimum absolute atomic E-state index is 0.0401. The number of nitrogens with zero attached hydrogens (tertiary/aromatic N) is 3. The Morgan fingerprint density at radius 2 is 1.71 bits per heavy atom. The van der Waals surface area contributed by atoms with Crippen LogP contribution >= 0.6 is 0 Å². The van der Waals surface area contributed by atoms with Crippen molar-refractivity contribution in [2.45, 2.75) is 25.6 Å². The number of hydrazone groups is 1. The summed E-state index contributed by atoms with van der Waals surface area (Å²) < 4.78 is 8.23. The van der Waals surface area contributed by atoms with Crippen LogP contribution in [-0.2, 0) is 0 Å². The maximum absolute atomic E-state index is 12.7. The van der Waals surface area contributed by atoms with Gasteiger partial charge in [-0.25, -0.2) is 5.01 Å². The number of fused-ring (bicyclic) bond motifs is 4. The summed E-state index contributed by atoms with van der Waals surface area (Å²) in [5, 5.41) is 8.05. The van der Waals surface area contributed by atoms with Crippen LogP contribution in [0.25, 0.3) is 10.9 Å². The van der Waals surface area contributed by atoms with Crippen molar-refractivity contribution in [3.05, 3.63) is 102 Å². The summed E-state index contributed by atoms with van der Waals surface area (Å²) in [6.45, 7) is 1.59. The predicted molar refractivity (Wildman–Crippen MR) is 120 cm³/mol. The van der Waals surface area contributed by atoms with Crippen molar-refractivity contribution in [3.63, 3.8) is 0 Å². The van der Waals surface area contributed by atoms with E-state index in [2.05, 4.69) is 18.2 Å². The predicted octanol–water partition coefficient (Wildman–Crippen LogP) is 5.54. The zero-order valence-corrected chi connectivity index (χ0v) is 17.1. The smallest absolute Gasteiger partial charge is 0.229 e. The molecule has 0 aliphatic carbocycles. The first kappa shape index (κ1) is 18.0. The van der Waals surface area contributed by atoms with Crippen LogP contribution in [0.2, 0.25) is 0 Å². The van der Waals surface area contributed by atoms with Crippen molar-refractivity contribution in [1.82, 2.24) is 9.58 Å². The van der Waals surface area contributed by atoms with Crippen LogP contribution in [0.4, 0.5) is 0 Å². The van der Waals surface area contributed by atoms with Crippen LogP contribution in [-0.4, -0.2) is 21.2 Å². The molecule has 0 amide bonds. The Morgan fingerprint density at radius 1 is 0.968 bits per heavy atom. The maximum atomic E-state index is 12.7. The molecule has 2 atom stereocenters. The number of carbonyl (C=O) groups is 1. The Balaban J connectivity index is 1.54. The van der Waals surface area contributed by atoms with Crippen LogP contribution in [0, 0.1) is 0 Å². The largest absolute Gasteiger partial charge is 0.463 e. The highest BCUT2D eigenvalue weighted by Crippen LogP contribution is 2.48. The van der Waals surface area contributed by atoms with Gasteiger partial charge in [0, 0.05) is 24.3 Å². The zero-order chi connectivity index (χ0) is 20.9. The van der Waals surface area contributed by atoms with Gasteiger partial charge in [0.25, 0.3) is 0 Å². The van der Waals surface area contributed by atoms with Crippen LogP contribution in [0.15, 0.2) is 90.0 Å². The van der Waals surface area contributed by atoms with E-state index in [1.54, 1.807) is 11.5 Å². The molecule has 5 heteroatoms. The van der Waals surface area contributed by atoms with Crippen molar-refractivity contribution >= 4 is 22.5 Å². The lowest BCUT2D eigenvalue weighted by atomic mass is 9.96. The molecule has 3 aromatic carbocycles. The molecule has 31 heavy (non-hydrogen) atoms. The van der Waals surface area contributed by atoms with Gasteiger partial charge in [0.05, 0.1) is 23.0 Å². The lowest BCUT2D eigenvalue weighted by molar-refractivity contribution is -0.0232. The molecule has 5 nitrogen and oxygen atoms in total. The summed E-state index contributed by atoms with van der Waals surface area (Å²) in [4.78, 5) is 12.7. The third-order valence-corrected chi connectivity index (χ3v) is 6.11. The molecule has 0 saturated heterocycles. The number of para-hydroxylation sites is 2. The Labute approximate surface area is 180 Å². The van der Waals surface area contributed by atoms with E-state index in [9.17, 15) is 4.79 Å². The fourth-order valence-electron chi connectivity index (χ4n) is 4.74. The Kier molecular flexibility index (Phi) is 3.96. The molecule has 0 saturated carbocycles. The summed E-state index contributed by atoms with van der Waals surface area (Å²) in [5.74, 6) is 0.806. The monoisotopic (exact) mass is 407 g/mol. The third-order valence-electron chi connectivity index (χ3n) is 6.11. The lowest BCUT2D eigenvalue weighted by Gasteiger charge is -2.38. The van der Waals surface area contributed by atoms with Gasteiger partial charge in [-0.15, -0.1) is 0 Å². The van der Waals surface area contributed by atoms with Gasteiger partial charge in [-0.2, -0.15) is 5.10 Å². The highest BCUT2D eigenvalue weighted by atomic mass is 16.5. The number of carbonyl (C=O) groups excluding carboxylic acids is 1. The topological polar surface area (TPSA) is 46.8 Å². The Hall–Kier alpha value is -3.86. The minimum atomic E-state index is -0.489. The molecule has 0 unspecified atom stereocenters. The summed E-state index contributed by atoms with van der Waals surface area (Å²) in [5.41, 5.74) is 4.95. The van der Waals surface area contributed by atoms with Gasteiger partial charge in [-0.05, 0) is 23.8 Å². The van der Waals surface area contributed by atoms with Crippen LogP contribution in [0.1, 0.15) is 47.2 Å². The summed E-state index contributed by atoms with van der Waals surface area (Å²) in [6.07, 6.45) is 0.304. The van der Waals surface area contributed by atoms with Gasteiger partial charge in [-0.3, -0.25) is 9.36 Å². The second kappa shape index (κ2) is 6.84. The molecule has 0 N–H and O–H groups in total. The molecule has 1 aromatic heterocycles. The summed E-state index contributed by atoms with van der Waals surface area (Å²) in [6, 6.07) is 28.4. The third kappa shape index (κ3) is 2.77. The normalized spacial score (nSPS) is 19.5. The fourth-order valence-corrected chi connectivity index (χ4v) is 4.74. The SMILES string of the molecule is CC(=O)n1c([C@@H]2Oc3ccccc3[C@H]3CC(c4ccccc4)=NN32)cc2ccccc21. The number of rotatable bonds is 2. The molecule has 0 bridgehead atoms. The van der Waals surface area contributed by atoms with Crippen molar-refractivity contribution in [1.29, 1.82) is 0 Å². The fraction of sp³-hybridized carbons (Fsp3) is 0.154. The number of hydrogen-bond donors (Lipinski definition) is 0. The minimum Gasteiger partial charge on any atom is -0.463 e. The van der Waals surface area contributed by atoms with Crippen molar-refractivity contribution in [3.8, 4) is 5.75 Å². The van der Waals surface area contributed by atoms with Crippen molar-refractivity contribution in [2.24, 2.45) is 5.10 Å². The van der Waals surface area contributed by atoms with E-state index in [1.165, 1.54) is 0 Å². The zero-order valence-electron chi connectivity index (χ0n) is 17.1. The number of aromatic nitrogens is 1. The number of ether oxygens (including phenoxy) is 1. The quantitative estimate of drug-likeness (QED) is 0.438. The molecule has 0 fully saturated rings. The average Bonchev–Trinajstić information content (AvgIpc) is 3.42. The molecular formula is C26H21N3O2. The molecule has 152 valence electrons. The average molecular weight is 407 g/mol. The van der Waals surface area contributed by atoms with Gasteiger partial charge in [0.15, 0.2) is 0 Å². The van der Waals surface area contributed by atoms with E-state index < -0.39 is 6.23 Å². The van der Waals surface area contributed by atoms with E-state index in [4.69, 9.17) is 9.84 Å². The van der Waals surface area contributed by atoms with Crippen molar-refractivity contribution < 1.29 is 9.53 Å². The van der Waals surface area contributed by atoms with Gasteiger partial charge < -0.3 is 4.74 Å². The van der Waals surface area contributed by atoms with Crippen molar-refractivity contribution in [2.75, 3.05) is 0 Å². The summed E-state index contributed by atoms with van der Waals surface area (Å²) in [7, 11) is 0. The molecule has 2 aliphatic rings. The molecule has 0 radical (unpaired) electrons. The highest BCUT2D eigenvalue weighted by molar-refractivity contribution is 6.02. The first-order chi connectivity index (χ1) is 15.2. The molecular weight excluding hydrogens is 386 g/mol. The first-order valence-electron chi connectivity index (χ1n) is 10.5. The van der Waals surface area contributed by atoms with Gasteiger partial charge in [-0.1, -0.05) is 66.7 Å². The van der Waals surface area contributed by atoms with E-state index in [1.807, 2.05) is 71.7 Å². The van der Waals surface area contributed by atoms with E-state index in [0.717, 1.165) is 45.6 Å². The Morgan fingerprint density at radius 3 is 2.55 bits per heavy atom. The van der Waals surface area contributed by atoms with Gasteiger partial charge in [0.1, 0.15) is 5.75 Å². The number of benzene rings is 3. The standard InChI is InChI=1S/C26H21N3O2/c1-17(30)28-22-13-7-5-11-19(22)15-24(28)26-29-23(20-12-6-8-14-25(20)31-26)16-21(27-29)18-9-3-2-4-10-18/h2-15,23,26H,16H2,1H3/t23-,26+/m1/s1.